The summed E-state index contributed by atoms with van der Waals surface area (Å²) < 4.78 is 10.2. The van der Waals surface area contributed by atoms with Crippen molar-refractivity contribution in [1.29, 1.82) is 0 Å². The maximum absolute atomic E-state index is 11.8. The van der Waals surface area contributed by atoms with Crippen LogP contribution < -0.4 is 15.6 Å². The van der Waals surface area contributed by atoms with E-state index in [-0.39, 0.29) is 23.2 Å². The van der Waals surface area contributed by atoms with Crippen molar-refractivity contribution in [1.82, 2.24) is 10.9 Å². The molecule has 2 aromatic rings. The number of hydrogen-bond donors (Lipinski definition) is 2. The molecule has 0 bridgehead atoms. The quantitative estimate of drug-likeness (QED) is 0.579. The van der Waals surface area contributed by atoms with Gasteiger partial charge in [0, 0.05) is 16.9 Å². The molecule has 1 aromatic heterocycles. The fourth-order valence-electron chi connectivity index (χ4n) is 2.00. The normalized spacial score (nSPS) is 10.2. The van der Waals surface area contributed by atoms with Gasteiger partial charge < -0.3 is 9.15 Å². The summed E-state index contributed by atoms with van der Waals surface area (Å²) in [6, 6.07) is 8.26. The van der Waals surface area contributed by atoms with Crippen LogP contribution in [-0.2, 0) is 10.5 Å². The van der Waals surface area contributed by atoms with Crippen LogP contribution in [0.2, 0.25) is 0 Å². The second-order valence-corrected chi connectivity index (χ2v) is 6.04. The molecule has 1 aromatic carbocycles. The predicted molar refractivity (Wildman–Crippen MR) is 93.5 cm³/mol. The van der Waals surface area contributed by atoms with E-state index >= 15 is 0 Å². The Bertz CT molecular complexity index is 758. The summed E-state index contributed by atoms with van der Waals surface area (Å²) in [4.78, 5) is 34.9. The number of furan rings is 1. The smallest absolute Gasteiger partial charge is 0.305 e. The van der Waals surface area contributed by atoms with Gasteiger partial charge in [-0.05, 0) is 37.3 Å². The topological polar surface area (TPSA) is 97.6 Å². The molecule has 2 N–H and O–H groups in total. The number of ether oxygens (including phenoxy) is 1. The van der Waals surface area contributed by atoms with Crippen molar-refractivity contribution in [2.75, 3.05) is 12.9 Å². The van der Waals surface area contributed by atoms with Crippen LogP contribution in [0.4, 0.5) is 0 Å². The van der Waals surface area contributed by atoms with Gasteiger partial charge in [-0.3, -0.25) is 25.2 Å². The maximum Gasteiger partial charge on any atom is 0.305 e. The molecule has 132 valence electrons. The molecule has 0 aliphatic carbocycles. The summed E-state index contributed by atoms with van der Waals surface area (Å²) >= 11 is 1.34. The lowest BCUT2D eigenvalue weighted by molar-refractivity contribution is -0.119. The number of ketones is 1. The zero-order chi connectivity index (χ0) is 18.2. The van der Waals surface area contributed by atoms with E-state index < -0.39 is 5.91 Å². The fraction of sp³-hybridized carbons (Fsp3) is 0.235. The number of carbonyl (C=O) groups excluding carboxylic acids is 3. The molecule has 7 nitrogen and oxygen atoms in total. The molecule has 8 heteroatoms. The summed E-state index contributed by atoms with van der Waals surface area (Å²) in [6.07, 6.45) is 1.37. The van der Waals surface area contributed by atoms with Crippen LogP contribution >= 0.6 is 11.8 Å². The Hall–Kier alpha value is -2.74. The van der Waals surface area contributed by atoms with Crippen LogP contribution in [0.15, 0.2) is 41.0 Å². The van der Waals surface area contributed by atoms with Gasteiger partial charge in [-0.25, -0.2) is 0 Å². The Labute approximate surface area is 149 Å². The van der Waals surface area contributed by atoms with Crippen molar-refractivity contribution < 1.29 is 23.5 Å². The highest BCUT2D eigenvalue weighted by molar-refractivity contribution is 7.99. The molecule has 0 spiro atoms. The Kier molecular flexibility index (Phi) is 6.64. The van der Waals surface area contributed by atoms with Gasteiger partial charge in [-0.15, -0.1) is 11.8 Å². The van der Waals surface area contributed by atoms with Gasteiger partial charge in [-0.1, -0.05) is 0 Å². The predicted octanol–water partition coefficient (Wildman–Crippen LogP) is 2.19. The van der Waals surface area contributed by atoms with Gasteiger partial charge in [0.15, 0.2) is 11.5 Å². The van der Waals surface area contributed by atoms with E-state index in [2.05, 4.69) is 10.9 Å². The second kappa shape index (κ2) is 8.93. The Morgan fingerprint density at radius 3 is 2.64 bits per heavy atom. The van der Waals surface area contributed by atoms with Crippen LogP contribution in [-0.4, -0.2) is 30.5 Å². The monoisotopic (exact) mass is 362 g/mol. The van der Waals surface area contributed by atoms with Crippen molar-refractivity contribution >= 4 is 29.4 Å². The first kappa shape index (κ1) is 18.6. The van der Waals surface area contributed by atoms with E-state index in [0.717, 1.165) is 5.56 Å². The van der Waals surface area contributed by atoms with Gasteiger partial charge in [-0.2, -0.15) is 0 Å². The summed E-state index contributed by atoms with van der Waals surface area (Å²) in [5.74, 6) is 0.469. The van der Waals surface area contributed by atoms with Crippen molar-refractivity contribution in [3.05, 3.63) is 53.5 Å². The zero-order valence-electron chi connectivity index (χ0n) is 13.8. The number of thioether (sulfide) groups is 1. The molecule has 0 saturated carbocycles. The molecule has 25 heavy (non-hydrogen) atoms. The third kappa shape index (κ3) is 5.39. The SMILES string of the molecule is COc1ccc(C(C)=O)cc1CSCC(=O)NNC(=O)c1ccco1. The summed E-state index contributed by atoms with van der Waals surface area (Å²) in [5.41, 5.74) is 5.99. The highest BCUT2D eigenvalue weighted by Crippen LogP contribution is 2.24. The van der Waals surface area contributed by atoms with E-state index in [1.165, 1.54) is 31.0 Å². The largest absolute Gasteiger partial charge is 0.496 e. The number of methoxy groups -OCH3 is 1. The first-order chi connectivity index (χ1) is 12.0. The number of benzene rings is 1. The molecule has 0 aliphatic heterocycles. The number of hydrazine groups is 1. The fourth-order valence-corrected chi connectivity index (χ4v) is 2.80. The van der Waals surface area contributed by atoms with Crippen LogP contribution in [0.3, 0.4) is 0 Å². The van der Waals surface area contributed by atoms with Crippen molar-refractivity contribution in [3.8, 4) is 5.75 Å². The number of nitrogens with one attached hydrogen (secondary N) is 2. The number of amides is 2. The lowest BCUT2D eigenvalue weighted by Crippen LogP contribution is -2.42. The molecule has 0 radical (unpaired) electrons. The average molecular weight is 362 g/mol. The van der Waals surface area contributed by atoms with Gasteiger partial charge in [0.25, 0.3) is 0 Å². The molecule has 1 heterocycles. The number of carbonyl (C=O) groups is 3. The van der Waals surface area contributed by atoms with Crippen LogP contribution in [0, 0.1) is 0 Å². The van der Waals surface area contributed by atoms with Crippen LogP contribution in [0.5, 0.6) is 5.75 Å². The lowest BCUT2D eigenvalue weighted by atomic mass is 10.1. The molecule has 0 fully saturated rings. The minimum Gasteiger partial charge on any atom is -0.496 e. The third-order valence-electron chi connectivity index (χ3n) is 3.24. The van der Waals surface area contributed by atoms with Crippen molar-refractivity contribution in [2.24, 2.45) is 0 Å². The number of Topliss-reactive ketones (excluding diaryl/α,β-unsaturated/α-hetero) is 1. The Morgan fingerprint density at radius 1 is 1.20 bits per heavy atom. The Morgan fingerprint density at radius 2 is 2.00 bits per heavy atom. The molecule has 0 atom stereocenters. The minimum absolute atomic E-state index is 0.0349. The van der Waals surface area contributed by atoms with E-state index in [9.17, 15) is 14.4 Å². The van der Waals surface area contributed by atoms with E-state index in [1.54, 1.807) is 31.4 Å². The summed E-state index contributed by atoms with van der Waals surface area (Å²) in [7, 11) is 1.55. The standard InChI is InChI=1S/C17H18N2O5S/c1-11(20)12-5-6-14(23-2)13(8-12)9-25-10-16(21)18-19-17(22)15-4-3-7-24-15/h3-8H,9-10H2,1-2H3,(H,18,21)(H,19,22). The molecule has 2 rings (SSSR count). The minimum atomic E-state index is -0.529. The van der Waals surface area contributed by atoms with Crippen LogP contribution in [0.25, 0.3) is 0 Å². The molecular weight excluding hydrogens is 344 g/mol. The molecule has 0 unspecified atom stereocenters. The van der Waals surface area contributed by atoms with E-state index in [1.807, 2.05) is 0 Å². The van der Waals surface area contributed by atoms with Gasteiger partial charge in [0.05, 0.1) is 19.1 Å². The first-order valence-corrected chi connectivity index (χ1v) is 8.55. The lowest BCUT2D eigenvalue weighted by Gasteiger charge is -2.10. The van der Waals surface area contributed by atoms with Crippen LogP contribution in [0.1, 0.15) is 33.4 Å². The maximum atomic E-state index is 11.8. The van der Waals surface area contributed by atoms with E-state index in [4.69, 9.17) is 9.15 Å². The number of rotatable bonds is 7. The van der Waals surface area contributed by atoms with Crippen molar-refractivity contribution in [3.63, 3.8) is 0 Å². The van der Waals surface area contributed by atoms with Gasteiger partial charge in [0.2, 0.25) is 5.91 Å². The zero-order valence-corrected chi connectivity index (χ0v) is 14.6. The van der Waals surface area contributed by atoms with Gasteiger partial charge in [0.1, 0.15) is 5.75 Å². The molecule has 0 saturated heterocycles. The van der Waals surface area contributed by atoms with E-state index in [0.29, 0.717) is 17.1 Å². The summed E-state index contributed by atoms with van der Waals surface area (Å²) in [5, 5.41) is 0. The third-order valence-corrected chi connectivity index (χ3v) is 4.22. The van der Waals surface area contributed by atoms with Gasteiger partial charge >= 0.3 is 5.91 Å². The average Bonchev–Trinajstić information content (AvgIpc) is 3.14. The summed E-state index contributed by atoms with van der Waals surface area (Å²) in [6.45, 7) is 1.49. The molecule has 0 aliphatic rings. The van der Waals surface area contributed by atoms with Crippen molar-refractivity contribution in [2.45, 2.75) is 12.7 Å². The highest BCUT2D eigenvalue weighted by Gasteiger charge is 2.11. The Balaban J connectivity index is 1.81. The number of hydrogen-bond acceptors (Lipinski definition) is 6. The highest BCUT2D eigenvalue weighted by atomic mass is 32.2. The second-order valence-electron chi connectivity index (χ2n) is 5.06. The molecule has 2 amide bonds. The molecular formula is C17H18N2O5S. The first-order valence-electron chi connectivity index (χ1n) is 7.39.